The van der Waals surface area contributed by atoms with Gasteiger partial charge >= 0.3 is 0 Å². The number of likely N-dealkylation sites (N-methyl/N-ethyl adjacent to an activating group) is 1. The van der Waals surface area contributed by atoms with Crippen LogP contribution in [-0.2, 0) is 4.79 Å². The maximum Gasteiger partial charge on any atom is 0.238 e. The van der Waals surface area contributed by atoms with Gasteiger partial charge in [-0.05, 0) is 35.1 Å². The lowest BCUT2D eigenvalue weighted by atomic mass is 10.3. The molecule has 1 aromatic rings. The lowest BCUT2D eigenvalue weighted by Gasteiger charge is -2.07. The first-order valence-electron chi connectivity index (χ1n) is 4.03. The summed E-state index contributed by atoms with van der Waals surface area (Å²) in [5.41, 5.74) is 0.174. The van der Waals surface area contributed by atoms with Crippen molar-refractivity contribution in [3.05, 3.63) is 28.5 Å². The summed E-state index contributed by atoms with van der Waals surface area (Å²) in [6.07, 6.45) is 0. The third-order valence-corrected chi connectivity index (χ3v) is 2.23. The summed E-state index contributed by atoms with van der Waals surface area (Å²) >= 11 is 3.15. The van der Waals surface area contributed by atoms with Crippen LogP contribution in [0.15, 0.2) is 22.7 Å². The van der Waals surface area contributed by atoms with E-state index in [1.807, 2.05) is 0 Å². The average Bonchev–Trinajstić information content (AvgIpc) is 2.12. The largest absolute Gasteiger partial charge is 0.322 e. The number of carbonyl (C=O) groups is 1. The van der Waals surface area contributed by atoms with E-state index in [1.54, 1.807) is 19.2 Å². The molecule has 14 heavy (non-hydrogen) atoms. The van der Waals surface area contributed by atoms with Crippen LogP contribution in [0.1, 0.15) is 0 Å². The summed E-state index contributed by atoms with van der Waals surface area (Å²) < 4.78 is 13.7. The predicted molar refractivity (Wildman–Crippen MR) is 56.7 cm³/mol. The average molecular weight is 261 g/mol. The smallest absolute Gasteiger partial charge is 0.238 e. The first kappa shape index (κ1) is 11.1. The van der Waals surface area contributed by atoms with Crippen LogP contribution < -0.4 is 10.6 Å². The van der Waals surface area contributed by atoms with Gasteiger partial charge in [-0.2, -0.15) is 0 Å². The molecule has 1 rings (SSSR count). The Hall–Kier alpha value is -0.940. The Balaban J connectivity index is 2.80. The number of benzene rings is 1. The highest BCUT2D eigenvalue weighted by Crippen LogP contribution is 2.24. The zero-order valence-electron chi connectivity index (χ0n) is 7.60. The molecule has 0 saturated heterocycles. The molecule has 0 aliphatic carbocycles. The van der Waals surface area contributed by atoms with Crippen LogP contribution in [-0.4, -0.2) is 19.5 Å². The molecule has 0 atom stereocenters. The number of para-hydroxylation sites is 1. The van der Waals surface area contributed by atoms with Gasteiger partial charge in [-0.15, -0.1) is 0 Å². The van der Waals surface area contributed by atoms with Crippen molar-refractivity contribution in [3.8, 4) is 0 Å². The Bertz CT molecular complexity index is 323. The zero-order chi connectivity index (χ0) is 10.6. The minimum absolute atomic E-state index is 0.154. The van der Waals surface area contributed by atoms with E-state index in [4.69, 9.17) is 0 Å². The van der Waals surface area contributed by atoms with E-state index in [1.165, 1.54) is 6.07 Å². The number of carbonyl (C=O) groups excluding carboxylic acids is 1. The van der Waals surface area contributed by atoms with Crippen LogP contribution in [0.4, 0.5) is 10.1 Å². The molecule has 76 valence electrons. The summed E-state index contributed by atoms with van der Waals surface area (Å²) in [6.45, 7) is 0.154. The van der Waals surface area contributed by atoms with Gasteiger partial charge in [0.05, 0.1) is 12.2 Å². The van der Waals surface area contributed by atoms with Crippen molar-refractivity contribution in [1.82, 2.24) is 5.32 Å². The third kappa shape index (κ3) is 2.78. The molecule has 3 nitrogen and oxygen atoms in total. The van der Waals surface area contributed by atoms with E-state index in [9.17, 15) is 9.18 Å². The number of halogens is 2. The van der Waals surface area contributed by atoms with E-state index in [0.717, 1.165) is 0 Å². The Labute approximate surface area is 89.8 Å². The molecule has 5 heteroatoms. The number of rotatable bonds is 3. The number of hydrogen-bond donors (Lipinski definition) is 2. The van der Waals surface area contributed by atoms with Crippen LogP contribution in [0.3, 0.4) is 0 Å². The fraction of sp³-hybridized carbons (Fsp3) is 0.222. The van der Waals surface area contributed by atoms with E-state index in [2.05, 4.69) is 26.6 Å². The van der Waals surface area contributed by atoms with Gasteiger partial charge in [0.15, 0.2) is 0 Å². The predicted octanol–water partition coefficient (Wildman–Crippen LogP) is 1.75. The second-order valence-electron chi connectivity index (χ2n) is 2.68. The Morgan fingerprint density at radius 2 is 2.29 bits per heavy atom. The first-order chi connectivity index (χ1) is 6.65. The summed E-state index contributed by atoms with van der Waals surface area (Å²) in [7, 11) is 1.65. The van der Waals surface area contributed by atoms with Crippen molar-refractivity contribution in [2.24, 2.45) is 0 Å². The van der Waals surface area contributed by atoms with Crippen LogP contribution in [0, 0.1) is 5.82 Å². The van der Waals surface area contributed by atoms with Gasteiger partial charge in [0.1, 0.15) is 5.82 Å². The highest BCUT2D eigenvalue weighted by Gasteiger charge is 2.08. The van der Waals surface area contributed by atoms with Crippen molar-refractivity contribution < 1.29 is 9.18 Å². The number of nitrogens with one attached hydrogen (secondary N) is 2. The van der Waals surface area contributed by atoms with Crippen molar-refractivity contribution in [2.75, 3.05) is 18.9 Å². The summed E-state index contributed by atoms with van der Waals surface area (Å²) in [6, 6.07) is 4.52. The van der Waals surface area contributed by atoms with Crippen LogP contribution in [0.25, 0.3) is 0 Å². The maximum atomic E-state index is 13.2. The van der Waals surface area contributed by atoms with Gasteiger partial charge < -0.3 is 10.6 Å². The highest BCUT2D eigenvalue weighted by atomic mass is 79.9. The molecule has 1 amide bonds. The van der Waals surface area contributed by atoms with Crippen molar-refractivity contribution in [3.63, 3.8) is 0 Å². The molecule has 0 fully saturated rings. The maximum absolute atomic E-state index is 13.2. The topological polar surface area (TPSA) is 41.1 Å². The quantitative estimate of drug-likeness (QED) is 0.870. The van der Waals surface area contributed by atoms with E-state index in [-0.39, 0.29) is 18.1 Å². The van der Waals surface area contributed by atoms with Crippen molar-refractivity contribution in [1.29, 1.82) is 0 Å². The lowest BCUT2D eigenvalue weighted by molar-refractivity contribution is -0.115. The summed E-state index contributed by atoms with van der Waals surface area (Å²) in [4.78, 5) is 11.2. The minimum atomic E-state index is -0.455. The summed E-state index contributed by atoms with van der Waals surface area (Å²) in [5, 5.41) is 5.13. The SMILES string of the molecule is CNCC(=O)Nc1c(F)cccc1Br. The zero-order valence-corrected chi connectivity index (χ0v) is 9.19. The number of amides is 1. The molecule has 0 radical (unpaired) electrons. The molecule has 0 aliphatic heterocycles. The lowest BCUT2D eigenvalue weighted by Crippen LogP contribution is -2.25. The molecular formula is C9H10BrFN2O. The Morgan fingerprint density at radius 1 is 1.57 bits per heavy atom. The molecule has 0 unspecified atom stereocenters. The first-order valence-corrected chi connectivity index (χ1v) is 4.83. The van der Waals surface area contributed by atoms with Crippen molar-refractivity contribution in [2.45, 2.75) is 0 Å². The van der Waals surface area contributed by atoms with Gasteiger partial charge in [-0.1, -0.05) is 6.07 Å². The van der Waals surface area contributed by atoms with E-state index < -0.39 is 5.82 Å². The fourth-order valence-electron chi connectivity index (χ4n) is 0.961. The van der Waals surface area contributed by atoms with Gasteiger partial charge in [0.2, 0.25) is 5.91 Å². The van der Waals surface area contributed by atoms with E-state index >= 15 is 0 Å². The van der Waals surface area contributed by atoms with Crippen molar-refractivity contribution >= 4 is 27.5 Å². The molecule has 2 N–H and O–H groups in total. The number of anilines is 1. The normalized spacial score (nSPS) is 9.93. The Kier molecular flexibility index (Phi) is 4.03. The second kappa shape index (κ2) is 5.07. The third-order valence-electron chi connectivity index (χ3n) is 1.56. The molecule has 0 saturated carbocycles. The van der Waals surface area contributed by atoms with Crippen LogP contribution in [0.2, 0.25) is 0 Å². The van der Waals surface area contributed by atoms with Crippen LogP contribution >= 0.6 is 15.9 Å². The standard InChI is InChI=1S/C9H10BrFN2O/c1-12-5-8(14)13-9-6(10)3-2-4-7(9)11/h2-4,12H,5H2,1H3,(H,13,14). The molecule has 0 aromatic heterocycles. The molecule has 1 aromatic carbocycles. The molecule has 0 bridgehead atoms. The van der Waals surface area contributed by atoms with Gasteiger partial charge in [-0.25, -0.2) is 4.39 Å². The molecule has 0 spiro atoms. The fourth-order valence-corrected chi connectivity index (χ4v) is 1.40. The van der Waals surface area contributed by atoms with Gasteiger partial charge in [-0.3, -0.25) is 4.79 Å². The highest BCUT2D eigenvalue weighted by molar-refractivity contribution is 9.10. The summed E-state index contributed by atoms with van der Waals surface area (Å²) in [5.74, 6) is -0.734. The second-order valence-corrected chi connectivity index (χ2v) is 3.53. The molecule has 0 aliphatic rings. The monoisotopic (exact) mass is 260 g/mol. The molecule has 0 heterocycles. The van der Waals surface area contributed by atoms with Gasteiger partial charge in [0, 0.05) is 4.47 Å². The van der Waals surface area contributed by atoms with Crippen LogP contribution in [0.5, 0.6) is 0 Å². The minimum Gasteiger partial charge on any atom is -0.322 e. The van der Waals surface area contributed by atoms with Gasteiger partial charge in [0.25, 0.3) is 0 Å². The molecular weight excluding hydrogens is 251 g/mol. The number of hydrogen-bond acceptors (Lipinski definition) is 2. The Morgan fingerprint density at radius 3 is 2.86 bits per heavy atom. The van der Waals surface area contributed by atoms with E-state index in [0.29, 0.717) is 4.47 Å².